The van der Waals surface area contributed by atoms with Crippen LogP contribution in [0.4, 0.5) is 17.5 Å². The summed E-state index contributed by atoms with van der Waals surface area (Å²) in [6.07, 6.45) is 3.71. The zero-order valence-corrected chi connectivity index (χ0v) is 17.8. The maximum atomic E-state index is 12.7. The highest BCUT2D eigenvalue weighted by Gasteiger charge is 2.22. The maximum absolute atomic E-state index is 12.7. The predicted molar refractivity (Wildman–Crippen MR) is 120 cm³/mol. The molecule has 1 amide bonds. The van der Waals surface area contributed by atoms with Crippen LogP contribution in [0, 0.1) is 6.92 Å². The standard InChI is InChI=1S/C23H26N6O2/c1-17-7-8-24-20(13-17)27-21-15-22(26-16-25-21)28-9-11-29(12-10-28)23(30)14-18-3-5-19(31-2)6-4-18/h3-8,13,15-16H,9-12,14H2,1-2H3,(H,24,25,26,27). The van der Waals surface area contributed by atoms with Crippen molar-refractivity contribution in [2.45, 2.75) is 13.3 Å². The van der Waals surface area contributed by atoms with Crippen molar-refractivity contribution >= 4 is 23.4 Å². The lowest BCUT2D eigenvalue weighted by Gasteiger charge is -2.35. The topological polar surface area (TPSA) is 83.5 Å². The van der Waals surface area contributed by atoms with Crippen LogP contribution in [-0.2, 0) is 11.2 Å². The summed E-state index contributed by atoms with van der Waals surface area (Å²) in [5.41, 5.74) is 2.12. The number of rotatable bonds is 6. The lowest BCUT2D eigenvalue weighted by molar-refractivity contribution is -0.130. The van der Waals surface area contributed by atoms with E-state index in [2.05, 4.69) is 25.2 Å². The van der Waals surface area contributed by atoms with Gasteiger partial charge in [-0.15, -0.1) is 0 Å². The molecule has 1 aliphatic heterocycles. The zero-order chi connectivity index (χ0) is 21.6. The summed E-state index contributed by atoms with van der Waals surface area (Å²) in [4.78, 5) is 29.8. The van der Waals surface area contributed by atoms with Gasteiger partial charge in [-0.25, -0.2) is 15.0 Å². The van der Waals surface area contributed by atoms with Gasteiger partial charge in [0.1, 0.15) is 29.5 Å². The molecule has 31 heavy (non-hydrogen) atoms. The van der Waals surface area contributed by atoms with Crippen molar-refractivity contribution in [3.05, 3.63) is 66.1 Å². The molecule has 0 bridgehead atoms. The molecule has 0 unspecified atom stereocenters. The third-order valence-corrected chi connectivity index (χ3v) is 5.29. The molecule has 3 heterocycles. The van der Waals surface area contributed by atoms with Gasteiger partial charge in [-0.1, -0.05) is 12.1 Å². The van der Waals surface area contributed by atoms with Crippen molar-refractivity contribution in [3.8, 4) is 5.75 Å². The van der Waals surface area contributed by atoms with Crippen LogP contribution in [0.3, 0.4) is 0 Å². The van der Waals surface area contributed by atoms with Crippen molar-refractivity contribution in [1.29, 1.82) is 0 Å². The number of anilines is 3. The Hall–Kier alpha value is -3.68. The fourth-order valence-electron chi connectivity index (χ4n) is 3.54. The second-order valence-electron chi connectivity index (χ2n) is 7.50. The minimum Gasteiger partial charge on any atom is -0.497 e. The molecule has 8 heteroatoms. The minimum atomic E-state index is 0.139. The molecular weight excluding hydrogens is 392 g/mol. The molecule has 0 spiro atoms. The number of nitrogens with zero attached hydrogens (tertiary/aromatic N) is 5. The van der Waals surface area contributed by atoms with E-state index in [4.69, 9.17) is 4.74 Å². The van der Waals surface area contributed by atoms with Gasteiger partial charge in [0, 0.05) is 38.4 Å². The smallest absolute Gasteiger partial charge is 0.227 e. The molecular formula is C23H26N6O2. The van der Waals surface area contributed by atoms with Crippen LogP contribution in [0.25, 0.3) is 0 Å². The number of pyridine rings is 1. The van der Waals surface area contributed by atoms with Gasteiger partial charge in [-0.2, -0.15) is 0 Å². The number of benzene rings is 1. The first-order valence-corrected chi connectivity index (χ1v) is 10.3. The van der Waals surface area contributed by atoms with Crippen molar-refractivity contribution < 1.29 is 9.53 Å². The van der Waals surface area contributed by atoms with Crippen LogP contribution in [0.1, 0.15) is 11.1 Å². The number of hydrogen-bond donors (Lipinski definition) is 1. The number of nitrogens with one attached hydrogen (secondary N) is 1. The Bertz CT molecular complexity index is 1030. The van der Waals surface area contributed by atoms with Crippen LogP contribution < -0.4 is 15.0 Å². The number of piperazine rings is 1. The van der Waals surface area contributed by atoms with Crippen molar-refractivity contribution in [1.82, 2.24) is 19.9 Å². The van der Waals surface area contributed by atoms with E-state index in [0.717, 1.165) is 41.6 Å². The molecule has 0 atom stereocenters. The SMILES string of the molecule is COc1ccc(CC(=O)N2CCN(c3cc(Nc4cc(C)ccn4)ncn3)CC2)cc1. The molecule has 1 aliphatic rings. The summed E-state index contributed by atoms with van der Waals surface area (Å²) >= 11 is 0. The first-order valence-electron chi connectivity index (χ1n) is 10.3. The molecule has 1 N–H and O–H groups in total. The van der Waals surface area contributed by atoms with E-state index in [1.54, 1.807) is 19.6 Å². The molecule has 4 rings (SSSR count). The molecule has 2 aromatic heterocycles. The third kappa shape index (κ3) is 5.28. The number of hydrogen-bond acceptors (Lipinski definition) is 7. The Morgan fingerprint density at radius 3 is 2.45 bits per heavy atom. The summed E-state index contributed by atoms with van der Waals surface area (Å²) in [6, 6.07) is 13.5. The Balaban J connectivity index is 1.33. The maximum Gasteiger partial charge on any atom is 0.227 e. The van der Waals surface area contributed by atoms with Gasteiger partial charge in [0.25, 0.3) is 0 Å². The second-order valence-corrected chi connectivity index (χ2v) is 7.50. The molecule has 160 valence electrons. The molecule has 1 fully saturated rings. The summed E-state index contributed by atoms with van der Waals surface area (Å²) in [6.45, 7) is 4.82. The first-order chi connectivity index (χ1) is 15.1. The fourth-order valence-corrected chi connectivity index (χ4v) is 3.54. The average molecular weight is 419 g/mol. The monoisotopic (exact) mass is 418 g/mol. The molecule has 0 saturated carbocycles. The normalized spacial score (nSPS) is 13.7. The zero-order valence-electron chi connectivity index (χ0n) is 17.8. The number of amides is 1. The summed E-state index contributed by atoms with van der Waals surface area (Å²) in [5.74, 6) is 3.22. The minimum absolute atomic E-state index is 0.139. The Kier molecular flexibility index (Phi) is 6.26. The van der Waals surface area contributed by atoms with Gasteiger partial charge in [-0.3, -0.25) is 4.79 Å². The molecule has 0 aliphatic carbocycles. The number of methoxy groups -OCH3 is 1. The Morgan fingerprint density at radius 1 is 1.00 bits per heavy atom. The Labute approximate surface area is 181 Å². The highest BCUT2D eigenvalue weighted by Crippen LogP contribution is 2.20. The summed E-state index contributed by atoms with van der Waals surface area (Å²) in [5, 5.41) is 3.22. The first kappa shape index (κ1) is 20.6. The van der Waals surface area contributed by atoms with Crippen molar-refractivity contribution in [3.63, 3.8) is 0 Å². The fraction of sp³-hybridized carbons (Fsp3) is 0.304. The Morgan fingerprint density at radius 2 is 1.74 bits per heavy atom. The second kappa shape index (κ2) is 9.42. The summed E-state index contributed by atoms with van der Waals surface area (Å²) in [7, 11) is 1.63. The highest BCUT2D eigenvalue weighted by atomic mass is 16.5. The van der Waals surface area contributed by atoms with E-state index in [9.17, 15) is 4.79 Å². The van der Waals surface area contributed by atoms with E-state index in [0.29, 0.717) is 25.3 Å². The van der Waals surface area contributed by atoms with E-state index in [1.807, 2.05) is 54.3 Å². The largest absolute Gasteiger partial charge is 0.497 e. The summed E-state index contributed by atoms with van der Waals surface area (Å²) < 4.78 is 5.17. The number of aromatic nitrogens is 3. The molecule has 1 saturated heterocycles. The van der Waals surface area contributed by atoms with Gasteiger partial charge in [0.05, 0.1) is 13.5 Å². The number of ether oxygens (including phenoxy) is 1. The van der Waals surface area contributed by atoms with Gasteiger partial charge in [0.2, 0.25) is 5.91 Å². The third-order valence-electron chi connectivity index (χ3n) is 5.29. The van der Waals surface area contributed by atoms with Crippen LogP contribution in [0.5, 0.6) is 5.75 Å². The van der Waals surface area contributed by atoms with Crippen LogP contribution >= 0.6 is 0 Å². The van der Waals surface area contributed by atoms with E-state index < -0.39 is 0 Å². The molecule has 0 radical (unpaired) electrons. The number of carbonyl (C=O) groups is 1. The average Bonchev–Trinajstić information content (AvgIpc) is 2.80. The van der Waals surface area contributed by atoms with Crippen LogP contribution in [0.2, 0.25) is 0 Å². The van der Waals surface area contributed by atoms with E-state index >= 15 is 0 Å². The van der Waals surface area contributed by atoms with Gasteiger partial charge in [-0.05, 0) is 42.3 Å². The molecule has 1 aromatic carbocycles. The molecule has 8 nitrogen and oxygen atoms in total. The quantitative estimate of drug-likeness (QED) is 0.659. The van der Waals surface area contributed by atoms with Crippen LogP contribution in [-0.4, -0.2) is 59.0 Å². The highest BCUT2D eigenvalue weighted by molar-refractivity contribution is 5.79. The predicted octanol–water partition coefficient (Wildman–Crippen LogP) is 2.82. The van der Waals surface area contributed by atoms with Gasteiger partial charge in [0.15, 0.2) is 0 Å². The molecule has 3 aromatic rings. The van der Waals surface area contributed by atoms with Gasteiger partial charge < -0.3 is 19.9 Å². The van der Waals surface area contributed by atoms with Crippen molar-refractivity contribution in [2.75, 3.05) is 43.5 Å². The lowest BCUT2D eigenvalue weighted by atomic mass is 10.1. The number of carbonyl (C=O) groups excluding carboxylic acids is 1. The lowest BCUT2D eigenvalue weighted by Crippen LogP contribution is -2.49. The van der Waals surface area contributed by atoms with E-state index in [-0.39, 0.29) is 5.91 Å². The van der Waals surface area contributed by atoms with Crippen LogP contribution in [0.15, 0.2) is 55.0 Å². The van der Waals surface area contributed by atoms with Crippen molar-refractivity contribution in [2.24, 2.45) is 0 Å². The van der Waals surface area contributed by atoms with E-state index in [1.165, 1.54) is 0 Å². The van der Waals surface area contributed by atoms with Gasteiger partial charge >= 0.3 is 0 Å². The number of aryl methyl sites for hydroxylation is 1.